The molecule has 3 aromatic carbocycles. The fourth-order valence-corrected chi connectivity index (χ4v) is 4.14. The minimum Gasteiger partial charge on any atom is -0.308 e. The van der Waals surface area contributed by atoms with E-state index in [0.29, 0.717) is 11.4 Å². The molecule has 0 aliphatic carbocycles. The molecule has 7 nitrogen and oxygen atoms in total. The average molecular weight is 489 g/mol. The molecule has 0 spiro atoms. The third-order valence-electron chi connectivity index (χ3n) is 4.94. The highest BCUT2D eigenvalue weighted by Gasteiger charge is 2.34. The molecular weight excluding hydrogens is 467 g/mol. The lowest BCUT2D eigenvalue weighted by Crippen LogP contribution is -2.40. The van der Waals surface area contributed by atoms with Crippen molar-refractivity contribution >= 4 is 52.2 Å². The van der Waals surface area contributed by atoms with Gasteiger partial charge in [0.1, 0.15) is 11.5 Å². The van der Waals surface area contributed by atoms with Crippen LogP contribution >= 0.6 is 11.8 Å². The molecule has 0 aromatic heterocycles. The molecule has 1 aliphatic rings. The summed E-state index contributed by atoms with van der Waals surface area (Å²) in [6, 6.07) is 22.7. The second-order valence-corrected chi connectivity index (χ2v) is 8.83. The largest absolute Gasteiger partial charge is 0.325 e. The number of urea groups is 1. The third-order valence-corrected chi connectivity index (χ3v) is 5.99. The van der Waals surface area contributed by atoms with Crippen LogP contribution in [0.15, 0.2) is 95.6 Å². The van der Waals surface area contributed by atoms with Crippen LogP contribution in [0.1, 0.15) is 12.5 Å². The van der Waals surface area contributed by atoms with Gasteiger partial charge in [0.25, 0.3) is 5.91 Å². The van der Waals surface area contributed by atoms with E-state index in [1.165, 1.54) is 29.2 Å². The molecule has 1 heterocycles. The maximum atomic E-state index is 13.5. The fraction of sp³-hybridized carbons (Fsp3) is 0.0769. The second-order valence-electron chi connectivity index (χ2n) is 7.52. The van der Waals surface area contributed by atoms with Gasteiger partial charge in [0.05, 0.1) is 10.9 Å². The van der Waals surface area contributed by atoms with E-state index < -0.39 is 28.9 Å². The smallest absolute Gasteiger partial charge is 0.308 e. The summed E-state index contributed by atoms with van der Waals surface area (Å²) in [6.07, 6.45) is 1.64. The number of imide groups is 1. The van der Waals surface area contributed by atoms with Crippen LogP contribution in [0, 0.1) is 5.82 Å². The first-order valence-electron chi connectivity index (χ1n) is 10.7. The normalized spacial score (nSPS) is 15.0. The van der Waals surface area contributed by atoms with Gasteiger partial charge in [-0.2, -0.15) is 0 Å². The molecule has 2 N–H and O–H groups in total. The highest BCUT2D eigenvalue weighted by molar-refractivity contribution is 8.15. The van der Waals surface area contributed by atoms with Gasteiger partial charge < -0.3 is 5.32 Å². The molecule has 3 aromatic rings. The van der Waals surface area contributed by atoms with E-state index in [0.717, 1.165) is 17.3 Å². The SMILES string of the molecule is CC(SC1=N/C(=C\c2ccccc2)C(=O)N1c1ccc(F)cc1)C(=O)NC(=O)Nc1ccccc1. The summed E-state index contributed by atoms with van der Waals surface area (Å²) in [5.74, 6) is -1.40. The Balaban J connectivity index is 1.53. The number of nitrogens with one attached hydrogen (secondary N) is 2. The van der Waals surface area contributed by atoms with Crippen LogP contribution in [0.2, 0.25) is 0 Å². The number of thioether (sulfide) groups is 1. The highest BCUT2D eigenvalue weighted by atomic mass is 32.2. The molecule has 9 heteroatoms. The zero-order valence-electron chi connectivity index (χ0n) is 18.6. The van der Waals surface area contributed by atoms with Crippen LogP contribution in [0.3, 0.4) is 0 Å². The van der Waals surface area contributed by atoms with Crippen LogP contribution in [-0.2, 0) is 9.59 Å². The first-order valence-corrected chi connectivity index (χ1v) is 11.6. The van der Waals surface area contributed by atoms with Crippen molar-refractivity contribution in [3.05, 3.63) is 102 Å². The van der Waals surface area contributed by atoms with E-state index in [1.54, 1.807) is 37.3 Å². The van der Waals surface area contributed by atoms with Gasteiger partial charge >= 0.3 is 6.03 Å². The van der Waals surface area contributed by atoms with E-state index in [1.807, 2.05) is 36.4 Å². The van der Waals surface area contributed by atoms with Gasteiger partial charge in [-0.05, 0) is 55.0 Å². The standard InChI is InChI=1S/C26H21FN4O3S/c1-17(23(32)30-25(34)28-20-10-6-3-7-11-20)35-26-29-22(16-18-8-4-2-5-9-18)24(33)31(26)21-14-12-19(27)13-15-21/h2-17H,1H3,(H2,28,30,32,34)/b22-16-. The number of amidine groups is 1. The Hall–Kier alpha value is -4.24. The van der Waals surface area contributed by atoms with Crippen LogP contribution < -0.4 is 15.5 Å². The minimum absolute atomic E-state index is 0.178. The average Bonchev–Trinajstić information content (AvgIpc) is 3.15. The lowest BCUT2D eigenvalue weighted by atomic mass is 10.2. The van der Waals surface area contributed by atoms with Crippen molar-refractivity contribution in [3.63, 3.8) is 0 Å². The molecule has 0 saturated heterocycles. The van der Waals surface area contributed by atoms with E-state index in [4.69, 9.17) is 0 Å². The van der Waals surface area contributed by atoms with E-state index in [-0.39, 0.29) is 10.9 Å². The predicted molar refractivity (Wildman–Crippen MR) is 136 cm³/mol. The predicted octanol–water partition coefficient (Wildman–Crippen LogP) is 5.04. The van der Waals surface area contributed by atoms with Gasteiger partial charge in [-0.3, -0.25) is 19.8 Å². The number of aliphatic imine (C=N–C) groups is 1. The number of amides is 4. The lowest BCUT2D eigenvalue weighted by Gasteiger charge is -2.20. The van der Waals surface area contributed by atoms with E-state index in [9.17, 15) is 18.8 Å². The number of benzene rings is 3. The number of carbonyl (C=O) groups is 3. The van der Waals surface area contributed by atoms with E-state index >= 15 is 0 Å². The molecule has 1 aliphatic heterocycles. The quantitative estimate of drug-likeness (QED) is 0.493. The number of halogens is 1. The molecule has 0 saturated carbocycles. The molecule has 4 amide bonds. The Kier molecular flexibility index (Phi) is 7.37. The van der Waals surface area contributed by atoms with Crippen molar-refractivity contribution in [1.82, 2.24) is 5.32 Å². The Morgan fingerprint density at radius 1 is 0.971 bits per heavy atom. The van der Waals surface area contributed by atoms with Crippen molar-refractivity contribution in [1.29, 1.82) is 0 Å². The molecule has 4 rings (SSSR count). The maximum absolute atomic E-state index is 13.5. The minimum atomic E-state index is -0.762. The zero-order valence-corrected chi connectivity index (χ0v) is 19.5. The summed E-state index contributed by atoms with van der Waals surface area (Å²) >= 11 is 1.02. The topological polar surface area (TPSA) is 90.9 Å². The molecular formula is C26H21FN4O3S. The van der Waals surface area contributed by atoms with Crippen molar-refractivity contribution < 1.29 is 18.8 Å². The molecule has 0 bridgehead atoms. The molecule has 1 unspecified atom stereocenters. The van der Waals surface area contributed by atoms with Gasteiger partial charge in [-0.1, -0.05) is 60.3 Å². The number of hydrogen-bond acceptors (Lipinski definition) is 5. The molecule has 35 heavy (non-hydrogen) atoms. The van der Waals surface area contributed by atoms with Crippen molar-refractivity contribution in [2.75, 3.05) is 10.2 Å². The molecule has 176 valence electrons. The fourth-order valence-electron chi connectivity index (χ4n) is 3.21. The van der Waals surface area contributed by atoms with Crippen molar-refractivity contribution in [2.24, 2.45) is 4.99 Å². The Morgan fingerprint density at radius 2 is 1.60 bits per heavy atom. The van der Waals surface area contributed by atoms with E-state index in [2.05, 4.69) is 15.6 Å². The molecule has 1 atom stereocenters. The lowest BCUT2D eigenvalue weighted by molar-refractivity contribution is -0.119. The van der Waals surface area contributed by atoms with Crippen LogP contribution in [0.4, 0.5) is 20.6 Å². The van der Waals surface area contributed by atoms with Crippen LogP contribution in [0.5, 0.6) is 0 Å². The number of anilines is 2. The zero-order chi connectivity index (χ0) is 24.8. The summed E-state index contributed by atoms with van der Waals surface area (Å²) in [7, 11) is 0. The van der Waals surface area contributed by atoms with Gasteiger partial charge in [-0.25, -0.2) is 14.2 Å². The number of hydrogen-bond donors (Lipinski definition) is 2. The van der Waals surface area contributed by atoms with Gasteiger partial charge in [0, 0.05) is 5.69 Å². The maximum Gasteiger partial charge on any atom is 0.325 e. The summed E-state index contributed by atoms with van der Waals surface area (Å²) in [4.78, 5) is 43.8. The first-order chi connectivity index (χ1) is 16.9. The van der Waals surface area contributed by atoms with Gasteiger partial charge in [0.2, 0.25) is 5.91 Å². The first kappa shape index (κ1) is 23.9. The third kappa shape index (κ3) is 6.01. The monoisotopic (exact) mass is 488 g/mol. The van der Waals surface area contributed by atoms with Gasteiger partial charge in [0.15, 0.2) is 5.17 Å². The number of para-hydroxylation sites is 1. The molecule has 0 fully saturated rings. The summed E-state index contributed by atoms with van der Waals surface area (Å²) < 4.78 is 13.5. The Morgan fingerprint density at radius 3 is 2.26 bits per heavy atom. The molecule has 0 radical (unpaired) electrons. The summed E-state index contributed by atoms with van der Waals surface area (Å²) in [5.41, 5.74) is 1.92. The second kappa shape index (κ2) is 10.8. The summed E-state index contributed by atoms with van der Waals surface area (Å²) in [5, 5.41) is 4.36. The Labute approximate surface area is 205 Å². The van der Waals surface area contributed by atoms with Crippen molar-refractivity contribution in [3.8, 4) is 0 Å². The number of nitrogens with zero attached hydrogens (tertiary/aromatic N) is 2. The number of carbonyl (C=O) groups excluding carboxylic acids is 3. The number of rotatable bonds is 5. The summed E-state index contributed by atoms with van der Waals surface area (Å²) in [6.45, 7) is 1.60. The van der Waals surface area contributed by atoms with Gasteiger partial charge in [-0.15, -0.1) is 0 Å². The highest BCUT2D eigenvalue weighted by Crippen LogP contribution is 2.31. The van der Waals surface area contributed by atoms with Crippen LogP contribution in [-0.4, -0.2) is 28.3 Å². The van der Waals surface area contributed by atoms with Crippen molar-refractivity contribution in [2.45, 2.75) is 12.2 Å². The Bertz CT molecular complexity index is 1300. The van der Waals surface area contributed by atoms with Crippen LogP contribution in [0.25, 0.3) is 6.08 Å².